The van der Waals surface area contributed by atoms with Gasteiger partial charge in [-0.2, -0.15) is 0 Å². The Bertz CT molecular complexity index is 1890. The maximum Gasteiger partial charge on any atom is 1.00 e. The molecule has 42 heavy (non-hydrogen) atoms. The first-order chi connectivity index (χ1) is 23.1. The molecule has 0 spiro atoms. The predicted molar refractivity (Wildman–Crippen MR) is 171 cm³/mol. The number of hydrogen-bond acceptors (Lipinski definition) is 7. The molecule has 0 amide bonds. The Morgan fingerprint density at radius 3 is 1.71 bits per heavy atom. The van der Waals surface area contributed by atoms with E-state index in [1.165, 1.54) is 12.8 Å². The average molecular weight is 840 g/mol. The fourth-order valence-electron chi connectivity index (χ4n) is 2.32. The van der Waals surface area contributed by atoms with Gasteiger partial charge in [-0.05, 0) is 72.7 Å². The maximum absolute atomic E-state index is 11.6. The molecular weight excluding hydrogens is 794 g/mol. The third-order valence-corrected chi connectivity index (χ3v) is 5.68. The number of nitrogens with one attached hydrogen (secondary N) is 2. The van der Waals surface area contributed by atoms with Gasteiger partial charge in [0.2, 0.25) is 11.1 Å². The molecule has 0 saturated carbocycles. The summed E-state index contributed by atoms with van der Waals surface area (Å²) in [5.41, 5.74) is -1.90. The molecule has 222 valence electrons. The van der Waals surface area contributed by atoms with E-state index in [-0.39, 0.29) is 164 Å². The van der Waals surface area contributed by atoms with Crippen molar-refractivity contribution in [2.75, 3.05) is 22.6 Å². The van der Waals surface area contributed by atoms with Gasteiger partial charge in [-0.15, -0.1) is 0 Å². The normalized spacial score (nSPS) is 12.4. The first-order valence-corrected chi connectivity index (χ1v) is 14.4. The van der Waals surface area contributed by atoms with Gasteiger partial charge >= 0.3 is 103 Å². The van der Waals surface area contributed by atoms with Crippen molar-refractivity contribution in [3.8, 4) is 11.5 Å². The van der Waals surface area contributed by atoms with Crippen LogP contribution in [-0.2, 0) is 9.68 Å². The molecule has 0 unspecified atom stereocenters. The molecule has 0 saturated heterocycles. The number of alkyl halides is 3. The van der Waals surface area contributed by atoms with E-state index in [9.17, 15) is 14.7 Å². The number of pyridine rings is 2. The van der Waals surface area contributed by atoms with Gasteiger partial charge in [0.25, 0.3) is 6.47 Å². The number of aromatic amines is 2. The fourth-order valence-corrected chi connectivity index (χ4v) is 3.51. The van der Waals surface area contributed by atoms with Crippen LogP contribution in [0.1, 0.15) is 48.2 Å². The standard InChI is InChI=1S/C13H14BrNO2.C9H7NO2.C4H8Br2.CH2O3.CH4.2K.H/c14-7-1-2-8-17-11-5-3-10-4-6-13(16)15-12(10)9-11;11-7-3-1-6-2-4-9(12)10-8(6)5-7;5-3-1-2-4-6;2-1-4-3;;;;/h3-6,9H,1-2,7-8H2,(H,15,16);1-5,11H,(H,10,12);1-4H2;1,3H;1H4;;;/q;;;;;2*+1;-1/p-1/i3D,4D,5D,6D,9D;1D,2D,3D,4D,5D;;;;;;. The summed E-state index contributed by atoms with van der Waals surface area (Å²) >= 11 is 9.95. The summed E-state index contributed by atoms with van der Waals surface area (Å²) in [6.45, 7) is 0.114. The Hall–Kier alpha value is 0.603. The van der Waals surface area contributed by atoms with Crippen LogP contribution in [0.4, 0.5) is 0 Å². The first-order valence-electron chi connectivity index (χ1n) is 16.1. The van der Waals surface area contributed by atoms with Crippen LogP contribution in [0.15, 0.2) is 70.0 Å². The molecule has 2 heterocycles. The van der Waals surface area contributed by atoms with Gasteiger partial charge in [-0.3, -0.25) is 14.4 Å². The van der Waals surface area contributed by atoms with Crippen LogP contribution in [0.25, 0.3) is 21.8 Å². The molecule has 2 aromatic carbocycles. The summed E-state index contributed by atoms with van der Waals surface area (Å²) in [7, 11) is 0. The third kappa shape index (κ3) is 21.4. The number of carbonyl (C=O) groups excluding carboxylic acids is 1. The minimum Gasteiger partial charge on any atom is -1.00 e. The Labute approximate surface area is 371 Å². The molecule has 0 aliphatic heterocycles. The number of aromatic nitrogens is 2. The van der Waals surface area contributed by atoms with E-state index in [2.05, 4.69) is 62.6 Å². The maximum atomic E-state index is 11.6. The number of ether oxygens (including phenoxy) is 1. The third-order valence-electron chi connectivity index (χ3n) is 4.00. The van der Waals surface area contributed by atoms with Crippen molar-refractivity contribution in [3.63, 3.8) is 0 Å². The van der Waals surface area contributed by atoms with Gasteiger partial charge in [0.15, 0.2) is 0 Å². The molecule has 0 radical (unpaired) electrons. The van der Waals surface area contributed by atoms with Crippen LogP contribution < -0.4 is 124 Å². The van der Waals surface area contributed by atoms with Crippen LogP contribution in [0, 0.1) is 0 Å². The van der Waals surface area contributed by atoms with Crippen LogP contribution in [0.5, 0.6) is 11.5 Å². The second-order valence-electron chi connectivity index (χ2n) is 6.86. The molecule has 0 bridgehead atoms. The Morgan fingerprint density at radius 2 is 1.24 bits per heavy atom. The van der Waals surface area contributed by atoms with Crippen LogP contribution >= 0.6 is 47.8 Å². The number of unbranched alkanes of at least 4 members (excludes halogenated alkanes) is 2. The topological polar surface area (TPSA) is 145 Å². The van der Waals surface area contributed by atoms with E-state index in [4.69, 9.17) is 28.5 Å². The van der Waals surface area contributed by atoms with Gasteiger partial charge in [0.05, 0.1) is 31.3 Å². The molecule has 3 N–H and O–H groups in total. The second-order valence-corrected chi connectivity index (χ2v) is 9.24. The van der Waals surface area contributed by atoms with Gasteiger partial charge in [0, 0.05) is 40.2 Å². The zero-order valence-corrected chi connectivity index (χ0v) is 33.3. The number of benzene rings is 2. The summed E-state index contributed by atoms with van der Waals surface area (Å²) in [6.07, 6.45) is 4.16. The predicted octanol–water partition coefficient (Wildman–Crippen LogP) is 0.0634. The molecule has 0 aliphatic rings. The number of carbonyl (C=O) groups is 1. The van der Waals surface area contributed by atoms with E-state index in [0.717, 1.165) is 28.8 Å². The Balaban J connectivity index is -0.000000345. The number of hydrogen-bond donors (Lipinski definition) is 3. The van der Waals surface area contributed by atoms with Gasteiger partial charge < -0.3 is 31.4 Å². The SMILES string of the molecule is BrCCCCBr.C.O=CO[O-].[2H]c1c(O)c([2H])c2[nH]c(=O)c([2H])c([2H])c2c1[2H].[2H]c1c(OCCCCBr)c([2H])c2[nH]c(=O)c([2H])c([2H])c2c1[2H].[H-].[K+].[K+]. The molecule has 4 rings (SSSR count). The molecule has 2 aromatic heterocycles. The number of rotatable bonds is 9. The van der Waals surface area contributed by atoms with E-state index >= 15 is 0 Å². The molecule has 0 atom stereocenters. The van der Waals surface area contributed by atoms with E-state index < -0.39 is 59.2 Å². The van der Waals surface area contributed by atoms with Crippen LogP contribution in [0.2, 0.25) is 0 Å². The minimum atomic E-state index is -0.868. The van der Waals surface area contributed by atoms with E-state index in [1.54, 1.807) is 0 Å². The molecule has 14 heteroatoms. The van der Waals surface area contributed by atoms with Crippen LogP contribution in [0.3, 0.4) is 0 Å². The van der Waals surface area contributed by atoms with Crippen molar-refractivity contribution < 1.29 is 143 Å². The smallest absolute Gasteiger partial charge is 1.00 e. The summed E-state index contributed by atoms with van der Waals surface area (Å²) in [4.78, 5) is 38.6. The van der Waals surface area contributed by atoms with Crippen molar-refractivity contribution in [1.82, 2.24) is 9.97 Å². The van der Waals surface area contributed by atoms with E-state index in [0.29, 0.717) is 6.61 Å². The zero-order valence-electron chi connectivity index (χ0n) is 33.3. The van der Waals surface area contributed by atoms with Gasteiger partial charge in [-0.25, -0.2) is 0 Å². The summed E-state index contributed by atoms with van der Waals surface area (Å²) in [6, 6.07) is -4.64. The van der Waals surface area contributed by atoms with Crippen molar-refractivity contribution in [2.24, 2.45) is 0 Å². The minimum absolute atomic E-state index is 0. The van der Waals surface area contributed by atoms with Crippen molar-refractivity contribution >= 4 is 76.1 Å². The van der Waals surface area contributed by atoms with Gasteiger partial charge in [-0.1, -0.05) is 55.2 Å². The monoisotopic (exact) mass is 836 g/mol. The molecule has 4 aromatic rings. The average Bonchev–Trinajstić information content (AvgIpc) is 3.09. The summed E-state index contributed by atoms with van der Waals surface area (Å²) in [5, 5.41) is 20.7. The Morgan fingerprint density at radius 1 is 0.810 bits per heavy atom. The molecule has 9 nitrogen and oxygen atoms in total. The Kier molecular flexibility index (Phi) is 21.6. The number of phenols is 1. The quantitative estimate of drug-likeness (QED) is 0.0541. The van der Waals surface area contributed by atoms with Crippen molar-refractivity contribution in [2.45, 2.75) is 33.1 Å². The second kappa shape index (κ2) is 30.3. The summed E-state index contributed by atoms with van der Waals surface area (Å²) in [5.74, 6) is -0.810. The molecular formula is C28H35Br3K2N2O7. The van der Waals surface area contributed by atoms with Crippen molar-refractivity contribution in [1.29, 1.82) is 0 Å². The number of aromatic hydroxyl groups is 1. The fraction of sp³-hybridized carbons (Fsp3) is 0.321. The first kappa shape index (κ1) is 30.0. The number of halogens is 3. The number of phenolic OH excluding ortho intramolecular Hbond substituents is 1. The number of H-pyrrole nitrogens is 2. The van der Waals surface area contributed by atoms with Crippen LogP contribution in [-0.4, -0.2) is 44.1 Å². The molecule has 0 fully saturated rings. The summed E-state index contributed by atoms with van der Waals surface area (Å²) < 4.78 is 82.1. The van der Waals surface area contributed by atoms with Crippen molar-refractivity contribution in [3.05, 3.63) is 81.1 Å². The molecule has 0 aliphatic carbocycles. The van der Waals surface area contributed by atoms with Gasteiger partial charge in [0.1, 0.15) is 11.5 Å². The zero-order chi connectivity index (χ0) is 37.6. The number of fused-ring (bicyclic) bond motifs is 2. The van der Waals surface area contributed by atoms with E-state index in [1.807, 2.05) is 0 Å². The largest absolute Gasteiger partial charge is 1.00 e.